The second kappa shape index (κ2) is 18.6. The second-order valence-electron chi connectivity index (χ2n) is 11.4. The predicted molar refractivity (Wildman–Crippen MR) is 186 cm³/mol. The highest BCUT2D eigenvalue weighted by molar-refractivity contribution is 5.62. The largest absolute Gasteiger partial charge is 0.507 e. The summed E-state index contributed by atoms with van der Waals surface area (Å²) in [6, 6.07) is 20.9. The molecule has 1 N–H and O–H groups in total. The Hall–Kier alpha value is -5.52. The van der Waals surface area contributed by atoms with Gasteiger partial charge < -0.3 is 38.3 Å². The van der Waals surface area contributed by atoms with E-state index in [0.717, 1.165) is 29.3 Å². The zero-order valence-corrected chi connectivity index (χ0v) is 28.5. The molecule has 0 spiro atoms. The molecule has 2 bridgehead atoms. The van der Waals surface area contributed by atoms with Gasteiger partial charge in [0.15, 0.2) is 5.69 Å². The molecular formula is C36H38N4O12. The fourth-order valence-corrected chi connectivity index (χ4v) is 5.26. The Morgan fingerprint density at radius 3 is 1.65 bits per heavy atom. The third-order valence-electron chi connectivity index (χ3n) is 8.01. The molecule has 0 aliphatic carbocycles. The van der Waals surface area contributed by atoms with Gasteiger partial charge in [-0.15, -0.1) is 5.11 Å². The molecule has 52 heavy (non-hydrogen) atoms. The van der Waals surface area contributed by atoms with Gasteiger partial charge in [0.25, 0.3) is 5.69 Å². The number of nitro benzene ring substituents is 2. The first kappa shape index (κ1) is 37.7. The van der Waals surface area contributed by atoms with Crippen LogP contribution in [0.4, 0.5) is 22.7 Å². The lowest BCUT2D eigenvalue weighted by molar-refractivity contribution is -0.393. The normalized spacial score (nSPS) is 17.9. The van der Waals surface area contributed by atoms with Gasteiger partial charge in [0.2, 0.25) is 0 Å². The van der Waals surface area contributed by atoms with Crippen molar-refractivity contribution < 1.29 is 48.1 Å². The van der Waals surface area contributed by atoms with E-state index >= 15 is 0 Å². The number of phenolic OH excluding ortho intramolecular Hbond substituents is 1. The SMILES string of the molecule is COc1ccc([C@H]2COCc3cc(N=Nc4ccc([N+](=O)[O-])cc4[N+](=O)[O-])cc(c3O)COC[C@H](c3ccc(OC)cc3)OCCOCCO2)cc1. The number of nitro groups is 2. The topological polar surface area (TPSA) is 196 Å². The van der Waals surface area contributed by atoms with E-state index in [9.17, 15) is 25.3 Å². The van der Waals surface area contributed by atoms with Crippen LogP contribution in [-0.2, 0) is 36.9 Å². The number of methoxy groups -OCH3 is 2. The van der Waals surface area contributed by atoms with Crippen LogP contribution in [0, 0.1) is 20.2 Å². The average molecular weight is 719 g/mol. The molecule has 4 aromatic carbocycles. The number of non-ortho nitro benzene ring substituents is 1. The van der Waals surface area contributed by atoms with Crippen molar-refractivity contribution in [3.8, 4) is 17.2 Å². The Balaban J connectivity index is 1.44. The zero-order valence-electron chi connectivity index (χ0n) is 28.5. The average Bonchev–Trinajstić information content (AvgIpc) is 3.16. The van der Waals surface area contributed by atoms with E-state index in [1.54, 1.807) is 14.2 Å². The number of ether oxygens (including phenoxy) is 7. The molecule has 0 saturated carbocycles. The first-order valence-corrected chi connectivity index (χ1v) is 16.2. The number of aromatic hydroxyl groups is 1. The Morgan fingerprint density at radius 1 is 0.673 bits per heavy atom. The predicted octanol–water partition coefficient (Wildman–Crippen LogP) is 7.22. The van der Waals surface area contributed by atoms with Gasteiger partial charge in [-0.05, 0) is 53.6 Å². The number of benzene rings is 4. The zero-order chi connectivity index (χ0) is 36.9. The number of hydrogen-bond acceptors (Lipinski definition) is 14. The molecule has 1 heterocycles. The summed E-state index contributed by atoms with van der Waals surface area (Å²) in [6.45, 7) is 1.26. The number of hydrogen-bond donors (Lipinski definition) is 1. The lowest BCUT2D eigenvalue weighted by Gasteiger charge is -2.21. The second-order valence-corrected chi connectivity index (χ2v) is 11.4. The van der Waals surface area contributed by atoms with Gasteiger partial charge in [-0.1, -0.05) is 24.3 Å². The van der Waals surface area contributed by atoms with Crippen LogP contribution in [0.15, 0.2) is 89.1 Å². The van der Waals surface area contributed by atoms with Crippen LogP contribution in [0.25, 0.3) is 0 Å². The fraction of sp³-hybridized carbons (Fsp3) is 0.333. The summed E-state index contributed by atoms with van der Waals surface area (Å²) in [5, 5.41) is 42.4. The Bertz CT molecular complexity index is 1750. The highest BCUT2D eigenvalue weighted by Gasteiger charge is 2.21. The highest BCUT2D eigenvalue weighted by atomic mass is 16.6. The Labute approximate surface area is 298 Å². The van der Waals surface area contributed by atoms with E-state index in [0.29, 0.717) is 35.8 Å². The Morgan fingerprint density at radius 2 is 1.19 bits per heavy atom. The quantitative estimate of drug-likeness (QED) is 0.109. The summed E-state index contributed by atoms with van der Waals surface area (Å²) >= 11 is 0. The fourth-order valence-electron chi connectivity index (χ4n) is 5.26. The summed E-state index contributed by atoms with van der Waals surface area (Å²) in [7, 11) is 3.16. The minimum absolute atomic E-state index is 0.0655. The number of phenols is 1. The molecule has 0 saturated heterocycles. The maximum absolute atomic E-state index is 11.7. The number of azo groups is 1. The van der Waals surface area contributed by atoms with E-state index in [-0.39, 0.29) is 56.8 Å². The minimum Gasteiger partial charge on any atom is -0.507 e. The molecule has 1 aliphatic rings. The van der Waals surface area contributed by atoms with E-state index in [1.807, 2.05) is 48.5 Å². The first-order valence-electron chi connectivity index (χ1n) is 16.2. The van der Waals surface area contributed by atoms with Crippen LogP contribution in [-0.4, -0.2) is 68.8 Å². The van der Waals surface area contributed by atoms with E-state index in [2.05, 4.69) is 10.2 Å². The summed E-state index contributed by atoms with van der Waals surface area (Å²) < 4.78 is 40.8. The van der Waals surface area contributed by atoms with Crippen molar-refractivity contribution in [1.29, 1.82) is 0 Å². The van der Waals surface area contributed by atoms with Crippen molar-refractivity contribution in [3.05, 3.63) is 121 Å². The molecular weight excluding hydrogens is 680 g/mol. The highest BCUT2D eigenvalue weighted by Crippen LogP contribution is 2.35. The molecule has 2 atom stereocenters. The molecule has 1 aliphatic heterocycles. The molecule has 0 fully saturated rings. The first-order chi connectivity index (χ1) is 25.2. The molecule has 0 amide bonds. The van der Waals surface area contributed by atoms with Gasteiger partial charge in [0.1, 0.15) is 29.5 Å². The number of fused-ring (bicyclic) bond motifs is 2. The summed E-state index contributed by atoms with van der Waals surface area (Å²) in [5.74, 6) is 1.27. The maximum atomic E-state index is 11.7. The van der Waals surface area contributed by atoms with E-state index in [4.69, 9.17) is 33.2 Å². The van der Waals surface area contributed by atoms with Gasteiger partial charge in [-0.25, -0.2) is 0 Å². The Kier molecular flexibility index (Phi) is 13.5. The standard InChI is InChI=1S/C36H38N4O12/c1-46-30-8-3-24(4-9-30)34-22-49-20-26-17-28(37-38-32-12-7-29(39(42)43)19-33(32)40(44)45)18-27(36(26)41)21-50-23-35(52-16-14-48-13-15-51-34)25-5-10-31(47-2)11-6-25/h3-12,17-19,34-35,41H,13-16,20-23H2,1-2H3/t34-,35-/m1/s1. The number of rotatable bonds is 8. The third kappa shape index (κ3) is 10.3. The van der Waals surface area contributed by atoms with Crippen molar-refractivity contribution in [1.82, 2.24) is 0 Å². The van der Waals surface area contributed by atoms with Gasteiger partial charge in [0, 0.05) is 17.2 Å². The van der Waals surface area contributed by atoms with E-state index in [1.165, 1.54) is 12.1 Å². The third-order valence-corrected chi connectivity index (χ3v) is 8.01. The van der Waals surface area contributed by atoms with Gasteiger partial charge >= 0.3 is 5.69 Å². The molecule has 0 unspecified atom stereocenters. The van der Waals surface area contributed by atoms with Gasteiger partial charge in [-0.3, -0.25) is 20.2 Å². The molecule has 16 heteroatoms. The van der Waals surface area contributed by atoms with Crippen molar-refractivity contribution in [3.63, 3.8) is 0 Å². The minimum atomic E-state index is -0.773. The van der Waals surface area contributed by atoms with Crippen LogP contribution >= 0.6 is 0 Å². The van der Waals surface area contributed by atoms with Crippen molar-refractivity contribution in [2.75, 3.05) is 53.9 Å². The summed E-state index contributed by atoms with van der Waals surface area (Å²) in [5.41, 5.74) is 1.35. The van der Waals surface area contributed by atoms with Crippen LogP contribution in [0.2, 0.25) is 0 Å². The van der Waals surface area contributed by atoms with E-state index < -0.39 is 33.4 Å². The monoisotopic (exact) mass is 718 g/mol. The lowest BCUT2D eigenvalue weighted by Crippen LogP contribution is -2.18. The summed E-state index contributed by atoms with van der Waals surface area (Å²) in [4.78, 5) is 21.3. The van der Waals surface area contributed by atoms with Gasteiger partial charge in [0.05, 0.1) is 88.7 Å². The van der Waals surface area contributed by atoms with Crippen molar-refractivity contribution in [2.24, 2.45) is 10.2 Å². The van der Waals surface area contributed by atoms with Gasteiger partial charge in [-0.2, -0.15) is 5.11 Å². The molecule has 274 valence electrons. The van der Waals surface area contributed by atoms with Crippen LogP contribution in [0.5, 0.6) is 17.2 Å². The van der Waals surface area contributed by atoms with Crippen molar-refractivity contribution in [2.45, 2.75) is 25.4 Å². The molecule has 0 radical (unpaired) electrons. The van der Waals surface area contributed by atoms with Crippen LogP contribution < -0.4 is 9.47 Å². The molecule has 16 nitrogen and oxygen atoms in total. The lowest BCUT2D eigenvalue weighted by atomic mass is 10.1. The molecule has 4 aromatic rings. The maximum Gasteiger partial charge on any atom is 0.303 e. The summed E-state index contributed by atoms with van der Waals surface area (Å²) in [6.07, 6.45) is -0.973. The van der Waals surface area contributed by atoms with Crippen molar-refractivity contribution >= 4 is 22.7 Å². The molecule has 0 aromatic heterocycles. The molecule has 5 rings (SSSR count). The smallest absolute Gasteiger partial charge is 0.303 e. The van der Waals surface area contributed by atoms with Crippen LogP contribution in [0.1, 0.15) is 34.5 Å². The number of nitrogens with zero attached hydrogens (tertiary/aromatic N) is 4. The van der Waals surface area contributed by atoms with Crippen LogP contribution in [0.3, 0.4) is 0 Å².